The van der Waals surface area contributed by atoms with Gasteiger partial charge in [0, 0.05) is 17.2 Å². The number of hydrogen-bond acceptors (Lipinski definition) is 4. The van der Waals surface area contributed by atoms with E-state index in [1.165, 1.54) is 5.56 Å². The number of halogens is 1. The summed E-state index contributed by atoms with van der Waals surface area (Å²) in [6.07, 6.45) is 5.52. The van der Waals surface area contributed by atoms with Crippen LogP contribution in [-0.2, 0) is 0 Å². The molecule has 0 spiro atoms. The third kappa shape index (κ3) is 3.04. The van der Waals surface area contributed by atoms with E-state index in [0.29, 0.717) is 23.3 Å². The summed E-state index contributed by atoms with van der Waals surface area (Å²) in [4.78, 5) is 11.8. The van der Waals surface area contributed by atoms with Gasteiger partial charge in [-0.05, 0) is 76.7 Å². The molecule has 1 aliphatic carbocycles. The van der Waals surface area contributed by atoms with E-state index in [1.54, 1.807) is 21.1 Å². The van der Waals surface area contributed by atoms with E-state index < -0.39 is 0 Å². The summed E-state index contributed by atoms with van der Waals surface area (Å²) in [7, 11) is 3.29. The minimum atomic E-state index is 0.0993. The average molecular weight is 428 g/mol. The fraction of sp³-hybridized carbons (Fsp3) is 0.318. The summed E-state index contributed by atoms with van der Waals surface area (Å²) >= 11 is 3.61. The van der Waals surface area contributed by atoms with Crippen LogP contribution >= 0.6 is 15.9 Å². The molecule has 0 unspecified atom stereocenters. The number of allylic oxidation sites excluding steroid dienone is 2. The van der Waals surface area contributed by atoms with Crippen LogP contribution in [0.2, 0.25) is 0 Å². The zero-order valence-corrected chi connectivity index (χ0v) is 17.2. The number of fused-ring (bicyclic) bond motifs is 3. The number of carbonyl (C=O) groups is 1. The van der Waals surface area contributed by atoms with Crippen LogP contribution < -0.4 is 14.8 Å². The second-order valence-electron chi connectivity index (χ2n) is 7.07. The monoisotopic (exact) mass is 427 g/mol. The third-order valence-electron chi connectivity index (χ3n) is 5.58. The second-order valence-corrected chi connectivity index (χ2v) is 7.93. The first-order valence-corrected chi connectivity index (χ1v) is 9.82. The lowest BCUT2D eigenvalue weighted by Crippen LogP contribution is -2.29. The summed E-state index contributed by atoms with van der Waals surface area (Å²) in [6.45, 7) is 1.61. The van der Waals surface area contributed by atoms with Gasteiger partial charge in [-0.1, -0.05) is 12.2 Å². The number of ketones is 1. The van der Waals surface area contributed by atoms with Crippen molar-refractivity contribution in [1.82, 2.24) is 0 Å². The minimum Gasteiger partial charge on any atom is -0.493 e. The first-order chi connectivity index (χ1) is 13.0. The van der Waals surface area contributed by atoms with Gasteiger partial charge < -0.3 is 14.8 Å². The van der Waals surface area contributed by atoms with E-state index in [1.807, 2.05) is 24.3 Å². The van der Waals surface area contributed by atoms with Gasteiger partial charge in [0.15, 0.2) is 17.3 Å². The van der Waals surface area contributed by atoms with Crippen LogP contribution in [0.3, 0.4) is 0 Å². The topological polar surface area (TPSA) is 47.6 Å². The van der Waals surface area contributed by atoms with Crippen molar-refractivity contribution in [1.29, 1.82) is 0 Å². The maximum absolute atomic E-state index is 11.8. The summed E-state index contributed by atoms with van der Waals surface area (Å²) in [5.41, 5.74) is 4.21. The van der Waals surface area contributed by atoms with E-state index >= 15 is 0 Å². The normalized spacial score (nSPS) is 22.6. The zero-order valence-electron chi connectivity index (χ0n) is 15.6. The molecule has 2 aromatic rings. The quantitative estimate of drug-likeness (QED) is 0.517. The molecule has 1 aliphatic heterocycles. The van der Waals surface area contributed by atoms with Crippen LogP contribution in [0.15, 0.2) is 47.0 Å². The molecule has 0 saturated carbocycles. The number of nitrogens with one attached hydrogen (secondary N) is 1. The molecule has 1 heterocycles. The summed E-state index contributed by atoms with van der Waals surface area (Å²) < 4.78 is 11.9. The number of carbonyl (C=O) groups excluding carboxylic acids is 1. The number of ether oxygens (including phenoxy) is 2. The second kappa shape index (κ2) is 7.04. The van der Waals surface area contributed by atoms with Crippen LogP contribution in [0.1, 0.15) is 46.8 Å². The van der Waals surface area contributed by atoms with Crippen LogP contribution in [0.25, 0.3) is 0 Å². The standard InChI is InChI=1S/C22H22BrNO3/c1-12(25)13-7-8-19-17(9-13)15-5-4-6-16(15)21(24-19)14-10-18(23)22(27-3)20(11-14)26-2/h4-5,7-11,15-16,21,24H,6H2,1-3H3/t15-,16+,21+/m1/s1. The van der Waals surface area contributed by atoms with E-state index in [2.05, 4.69) is 39.5 Å². The van der Waals surface area contributed by atoms with Gasteiger partial charge in [0.1, 0.15) is 0 Å². The molecular formula is C22H22BrNO3. The molecule has 27 heavy (non-hydrogen) atoms. The largest absolute Gasteiger partial charge is 0.493 e. The van der Waals surface area contributed by atoms with Crippen molar-refractivity contribution in [3.63, 3.8) is 0 Å². The van der Waals surface area contributed by atoms with Crippen LogP contribution in [-0.4, -0.2) is 20.0 Å². The lowest BCUT2D eigenvalue weighted by Gasteiger charge is -2.38. The molecule has 1 N–H and O–H groups in total. The number of rotatable bonds is 4. The Morgan fingerprint density at radius 1 is 1.19 bits per heavy atom. The highest BCUT2D eigenvalue weighted by molar-refractivity contribution is 9.10. The Morgan fingerprint density at radius 2 is 2.00 bits per heavy atom. The van der Waals surface area contributed by atoms with Crippen molar-refractivity contribution >= 4 is 27.4 Å². The molecule has 0 radical (unpaired) electrons. The number of methoxy groups -OCH3 is 2. The maximum atomic E-state index is 11.8. The highest BCUT2D eigenvalue weighted by atomic mass is 79.9. The molecule has 2 aromatic carbocycles. The van der Waals surface area contributed by atoms with Crippen molar-refractivity contribution in [3.05, 3.63) is 63.6 Å². The first kappa shape index (κ1) is 18.1. The molecule has 2 aliphatic rings. The highest BCUT2D eigenvalue weighted by Gasteiger charge is 2.38. The number of Topliss-reactive ketones (excluding diaryl/α,β-unsaturated/α-hetero) is 1. The molecule has 140 valence electrons. The number of anilines is 1. The molecule has 4 nitrogen and oxygen atoms in total. The molecule has 0 saturated heterocycles. The van der Waals surface area contributed by atoms with Gasteiger partial charge in [-0.3, -0.25) is 4.79 Å². The third-order valence-corrected chi connectivity index (χ3v) is 6.17. The van der Waals surface area contributed by atoms with Crippen LogP contribution in [0.5, 0.6) is 11.5 Å². The van der Waals surface area contributed by atoms with Gasteiger partial charge in [0.2, 0.25) is 0 Å². The average Bonchev–Trinajstić information content (AvgIpc) is 3.16. The molecule has 0 fully saturated rings. The Balaban J connectivity index is 1.78. The fourth-order valence-electron chi connectivity index (χ4n) is 4.26. The van der Waals surface area contributed by atoms with Gasteiger partial charge in [-0.2, -0.15) is 0 Å². The van der Waals surface area contributed by atoms with Gasteiger partial charge in [0.05, 0.1) is 24.7 Å². The number of benzene rings is 2. The Bertz CT molecular complexity index is 937. The van der Waals surface area contributed by atoms with Gasteiger partial charge in [-0.15, -0.1) is 0 Å². The van der Waals surface area contributed by atoms with E-state index in [4.69, 9.17) is 9.47 Å². The lowest BCUT2D eigenvalue weighted by molar-refractivity contribution is 0.101. The molecule has 4 rings (SSSR count). The fourth-order valence-corrected chi connectivity index (χ4v) is 4.88. The zero-order chi connectivity index (χ0) is 19.1. The molecule has 3 atom stereocenters. The van der Waals surface area contributed by atoms with E-state index in [9.17, 15) is 4.79 Å². The van der Waals surface area contributed by atoms with Gasteiger partial charge in [0.25, 0.3) is 0 Å². The Morgan fingerprint density at radius 3 is 2.70 bits per heavy atom. The lowest BCUT2D eigenvalue weighted by atomic mass is 9.76. The van der Waals surface area contributed by atoms with Crippen LogP contribution in [0, 0.1) is 5.92 Å². The van der Waals surface area contributed by atoms with E-state index in [-0.39, 0.29) is 11.8 Å². The Labute approximate surface area is 167 Å². The predicted molar refractivity (Wildman–Crippen MR) is 110 cm³/mol. The van der Waals surface area contributed by atoms with Gasteiger partial charge >= 0.3 is 0 Å². The SMILES string of the molecule is COc1cc([C@@H]2Nc3ccc(C(C)=O)cc3[C@@H]3C=CC[C@@H]32)cc(Br)c1OC. The number of hydrogen-bond donors (Lipinski definition) is 1. The van der Waals surface area contributed by atoms with Gasteiger partial charge in [-0.25, -0.2) is 0 Å². The Hall–Kier alpha value is -2.27. The smallest absolute Gasteiger partial charge is 0.174 e. The molecule has 5 heteroatoms. The Kier molecular flexibility index (Phi) is 4.72. The summed E-state index contributed by atoms with van der Waals surface area (Å²) in [6, 6.07) is 10.3. The molecule has 0 amide bonds. The first-order valence-electron chi connectivity index (χ1n) is 9.03. The minimum absolute atomic E-state index is 0.0993. The molecular weight excluding hydrogens is 406 g/mol. The van der Waals surface area contributed by atoms with E-state index in [0.717, 1.165) is 27.7 Å². The van der Waals surface area contributed by atoms with Crippen molar-refractivity contribution in [2.24, 2.45) is 5.92 Å². The van der Waals surface area contributed by atoms with Crippen LogP contribution in [0.4, 0.5) is 5.69 Å². The van der Waals surface area contributed by atoms with Crippen molar-refractivity contribution in [2.45, 2.75) is 25.3 Å². The summed E-state index contributed by atoms with van der Waals surface area (Å²) in [5, 5.41) is 3.70. The molecule has 0 bridgehead atoms. The maximum Gasteiger partial charge on any atom is 0.174 e. The summed E-state index contributed by atoms with van der Waals surface area (Å²) in [5.74, 6) is 2.21. The highest BCUT2D eigenvalue weighted by Crippen LogP contribution is 2.51. The van der Waals surface area contributed by atoms with Crippen molar-refractivity contribution in [3.8, 4) is 11.5 Å². The van der Waals surface area contributed by atoms with Crippen molar-refractivity contribution < 1.29 is 14.3 Å². The molecule has 0 aromatic heterocycles. The predicted octanol–water partition coefficient (Wildman–Crippen LogP) is 5.50. The van der Waals surface area contributed by atoms with Crippen molar-refractivity contribution in [2.75, 3.05) is 19.5 Å².